The second kappa shape index (κ2) is 15.9. The number of benzene rings is 3. The highest BCUT2D eigenvalue weighted by Crippen LogP contribution is 2.47. The number of morpholine rings is 1. The molecule has 1 aromatic heterocycles. The molecule has 288 valence electrons. The van der Waals surface area contributed by atoms with E-state index in [1.807, 2.05) is 38.1 Å². The third kappa shape index (κ3) is 8.14. The van der Waals surface area contributed by atoms with E-state index in [0.29, 0.717) is 101 Å². The number of fused-ring (bicyclic) bond motifs is 3. The topological polar surface area (TPSA) is 144 Å². The normalized spacial score (nSPS) is 16.4. The number of aromatic nitrogens is 2. The van der Waals surface area contributed by atoms with Gasteiger partial charge in [-0.25, -0.2) is 4.68 Å². The van der Waals surface area contributed by atoms with Gasteiger partial charge in [-0.2, -0.15) is 5.10 Å². The fourth-order valence-corrected chi connectivity index (χ4v) is 7.84. The highest BCUT2D eigenvalue weighted by atomic mass is 35.5. The van der Waals surface area contributed by atoms with Crippen LogP contribution in [0.5, 0.6) is 11.5 Å². The Morgan fingerprint density at radius 3 is 2.44 bits per heavy atom. The van der Waals surface area contributed by atoms with Crippen LogP contribution >= 0.6 is 23.2 Å². The van der Waals surface area contributed by atoms with Gasteiger partial charge in [0.15, 0.2) is 5.69 Å². The number of rotatable bonds is 10. The highest BCUT2D eigenvalue weighted by molar-refractivity contribution is 6.34. The molecule has 13 nitrogen and oxygen atoms in total. The molecule has 2 fully saturated rings. The van der Waals surface area contributed by atoms with Crippen LogP contribution in [0.3, 0.4) is 0 Å². The Morgan fingerprint density at radius 1 is 0.982 bits per heavy atom. The van der Waals surface area contributed by atoms with Crippen molar-refractivity contribution in [2.45, 2.75) is 57.7 Å². The number of amides is 4. The lowest BCUT2D eigenvalue weighted by Gasteiger charge is -2.41. The lowest BCUT2D eigenvalue weighted by atomic mass is 9.95. The summed E-state index contributed by atoms with van der Waals surface area (Å²) in [6.45, 7) is 6.44. The lowest BCUT2D eigenvalue weighted by Crippen LogP contribution is -2.55. The summed E-state index contributed by atoms with van der Waals surface area (Å²) in [6, 6.07) is 16.1. The SMILES string of the molecule is COc1cc2c(cc1-c1cccc(NC(=O)CCC(=O)NC3CCN(C=O)CC3)c1)-c1c(c(C(=O)N3CCOCC3(C)C)nn1-c1cc(Cl)cc(Cl)c1)CO2. The second-order valence-electron chi connectivity index (χ2n) is 14.5. The molecule has 4 heterocycles. The zero-order valence-electron chi connectivity index (χ0n) is 30.8. The molecule has 3 aliphatic heterocycles. The number of nitrogens with one attached hydrogen (secondary N) is 2. The first-order valence-electron chi connectivity index (χ1n) is 18.2. The third-order valence-corrected chi connectivity index (χ3v) is 10.6. The molecule has 3 aliphatic rings. The van der Waals surface area contributed by atoms with Crippen molar-refractivity contribution in [3.8, 4) is 39.6 Å². The van der Waals surface area contributed by atoms with Gasteiger partial charge in [0.1, 0.15) is 18.1 Å². The van der Waals surface area contributed by atoms with Gasteiger partial charge < -0.3 is 34.6 Å². The number of nitrogens with zero attached hydrogens (tertiary/aromatic N) is 4. The van der Waals surface area contributed by atoms with Gasteiger partial charge in [0.2, 0.25) is 18.2 Å². The van der Waals surface area contributed by atoms with E-state index in [9.17, 15) is 19.2 Å². The van der Waals surface area contributed by atoms with Crippen molar-refractivity contribution < 1.29 is 33.4 Å². The van der Waals surface area contributed by atoms with E-state index >= 15 is 0 Å². The maximum atomic E-state index is 14.3. The zero-order chi connectivity index (χ0) is 38.9. The molecular formula is C40H42Cl2N6O7. The van der Waals surface area contributed by atoms with Gasteiger partial charge >= 0.3 is 0 Å². The fourth-order valence-electron chi connectivity index (χ4n) is 7.32. The van der Waals surface area contributed by atoms with E-state index < -0.39 is 5.54 Å². The second-order valence-corrected chi connectivity index (χ2v) is 15.4. The number of methoxy groups -OCH3 is 1. The zero-order valence-corrected chi connectivity index (χ0v) is 32.3. The quantitative estimate of drug-likeness (QED) is 0.183. The number of hydrogen-bond acceptors (Lipinski definition) is 8. The van der Waals surface area contributed by atoms with Crippen LogP contribution in [0.1, 0.15) is 55.6 Å². The summed E-state index contributed by atoms with van der Waals surface area (Å²) in [4.78, 5) is 54.3. The Hall–Kier alpha value is -5.11. The minimum absolute atomic E-state index is 0.00568. The molecule has 2 saturated heterocycles. The smallest absolute Gasteiger partial charge is 0.275 e. The maximum Gasteiger partial charge on any atom is 0.275 e. The third-order valence-electron chi connectivity index (χ3n) is 10.2. The average Bonchev–Trinajstić information content (AvgIpc) is 3.56. The molecule has 4 aromatic rings. The highest BCUT2D eigenvalue weighted by Gasteiger charge is 2.39. The number of hydrogen-bond donors (Lipinski definition) is 2. The van der Waals surface area contributed by atoms with Crippen LogP contribution < -0.4 is 20.1 Å². The minimum Gasteiger partial charge on any atom is -0.496 e. The summed E-state index contributed by atoms with van der Waals surface area (Å²) in [6.07, 6.45) is 2.25. The summed E-state index contributed by atoms with van der Waals surface area (Å²) < 4.78 is 19.5. The molecule has 7 rings (SSSR count). The average molecular weight is 790 g/mol. The van der Waals surface area contributed by atoms with E-state index in [-0.39, 0.29) is 48.9 Å². The molecule has 0 atom stereocenters. The lowest BCUT2D eigenvalue weighted by molar-refractivity contribution is -0.125. The number of likely N-dealkylation sites (tertiary alicyclic amines) is 1. The van der Waals surface area contributed by atoms with Crippen LogP contribution in [0.4, 0.5) is 5.69 Å². The predicted octanol–water partition coefficient (Wildman–Crippen LogP) is 6.12. The number of carbonyl (C=O) groups is 4. The number of carbonyl (C=O) groups excluding carboxylic acids is 4. The van der Waals surface area contributed by atoms with Crippen molar-refractivity contribution in [1.82, 2.24) is 24.9 Å². The van der Waals surface area contributed by atoms with Gasteiger partial charge in [-0.15, -0.1) is 0 Å². The minimum atomic E-state index is -0.553. The number of ether oxygens (including phenoxy) is 3. The Bertz CT molecular complexity index is 2130. The van der Waals surface area contributed by atoms with Crippen LogP contribution in [-0.4, -0.2) is 95.3 Å². The standard InChI is InChI=1S/C40H42Cl2N6O7/c1-40(2)22-54-14-13-47(40)39(52)37-32-21-55-34-20-33(53-3)30(19-31(34)38(32)48(45-37)29-17-25(41)16-26(42)18-29)24-5-4-6-28(15-24)44-36(51)8-7-35(50)43-27-9-11-46(23-49)12-10-27/h4-6,15-20,23,27H,7-14,21-22H2,1-3H3,(H,43,50)(H,44,51). The summed E-state index contributed by atoms with van der Waals surface area (Å²) >= 11 is 12.9. The van der Waals surface area contributed by atoms with Gasteiger partial charge in [0.05, 0.1) is 37.2 Å². The largest absolute Gasteiger partial charge is 0.496 e. The molecule has 2 N–H and O–H groups in total. The fraction of sp³-hybridized carbons (Fsp3) is 0.375. The van der Waals surface area contributed by atoms with Gasteiger partial charge in [-0.3, -0.25) is 19.2 Å². The van der Waals surface area contributed by atoms with Crippen LogP contribution in [0.15, 0.2) is 54.6 Å². The molecule has 55 heavy (non-hydrogen) atoms. The van der Waals surface area contributed by atoms with Crippen molar-refractivity contribution in [3.63, 3.8) is 0 Å². The molecule has 15 heteroatoms. The molecule has 4 amide bonds. The molecule has 0 spiro atoms. The summed E-state index contributed by atoms with van der Waals surface area (Å²) in [5, 5.41) is 11.6. The molecule has 0 aliphatic carbocycles. The van der Waals surface area contributed by atoms with Crippen molar-refractivity contribution in [2.75, 3.05) is 45.3 Å². The van der Waals surface area contributed by atoms with Crippen molar-refractivity contribution >= 4 is 53.0 Å². The Labute approximate surface area is 328 Å². The van der Waals surface area contributed by atoms with Crippen molar-refractivity contribution in [2.24, 2.45) is 0 Å². The summed E-state index contributed by atoms with van der Waals surface area (Å²) in [5.74, 6) is 0.322. The van der Waals surface area contributed by atoms with Gasteiger partial charge in [0, 0.05) is 77.0 Å². The molecule has 0 bridgehead atoms. The maximum absolute atomic E-state index is 14.3. The van der Waals surface area contributed by atoms with Crippen LogP contribution in [-0.2, 0) is 25.7 Å². The van der Waals surface area contributed by atoms with Crippen LogP contribution in [0, 0.1) is 0 Å². The first kappa shape index (κ1) is 38.2. The summed E-state index contributed by atoms with van der Waals surface area (Å²) in [5.41, 5.74) is 4.19. The first-order valence-corrected chi connectivity index (χ1v) is 18.9. The Morgan fingerprint density at radius 2 is 1.73 bits per heavy atom. The van der Waals surface area contributed by atoms with Gasteiger partial charge in [0.25, 0.3) is 5.91 Å². The molecule has 0 radical (unpaired) electrons. The van der Waals surface area contributed by atoms with E-state index in [1.54, 1.807) is 51.9 Å². The monoisotopic (exact) mass is 788 g/mol. The van der Waals surface area contributed by atoms with Crippen LogP contribution in [0.2, 0.25) is 10.0 Å². The van der Waals surface area contributed by atoms with E-state index in [0.717, 1.165) is 12.0 Å². The number of piperidine rings is 1. The van der Waals surface area contributed by atoms with Crippen LogP contribution in [0.25, 0.3) is 28.1 Å². The first-order chi connectivity index (χ1) is 26.4. The van der Waals surface area contributed by atoms with Gasteiger partial charge in [-0.05, 0) is 68.7 Å². The molecular weight excluding hydrogens is 747 g/mol. The van der Waals surface area contributed by atoms with E-state index in [2.05, 4.69) is 10.6 Å². The summed E-state index contributed by atoms with van der Waals surface area (Å²) in [7, 11) is 1.57. The van der Waals surface area contributed by atoms with Crippen molar-refractivity contribution in [3.05, 3.63) is 75.9 Å². The molecule has 0 saturated carbocycles. The predicted molar refractivity (Wildman–Crippen MR) is 208 cm³/mol. The Balaban J connectivity index is 1.18. The van der Waals surface area contributed by atoms with E-state index in [1.165, 1.54) is 0 Å². The molecule has 3 aromatic carbocycles. The van der Waals surface area contributed by atoms with E-state index in [4.69, 9.17) is 42.5 Å². The number of halogens is 2. The molecule has 0 unspecified atom stereocenters. The van der Waals surface area contributed by atoms with Crippen molar-refractivity contribution in [1.29, 1.82) is 0 Å². The Kier molecular flexibility index (Phi) is 11.1. The van der Waals surface area contributed by atoms with Gasteiger partial charge in [-0.1, -0.05) is 35.3 Å². The number of anilines is 1.